The van der Waals surface area contributed by atoms with Crippen LogP contribution in [0.25, 0.3) is 0 Å². The standard InChI is InChI=1S/C13H19N3O2/c1-5-12-15-13(18-16-12)10(4)14-9(3)11-7-6-8(2)17-11/h6-7,9-10,14H,5H2,1-4H3/t9-,10-/m0/s1. The highest BCUT2D eigenvalue weighted by atomic mass is 16.5. The van der Waals surface area contributed by atoms with Crippen LogP contribution >= 0.6 is 0 Å². The largest absolute Gasteiger partial charge is 0.465 e. The number of nitrogens with zero attached hydrogens (tertiary/aromatic N) is 2. The first-order valence-electron chi connectivity index (χ1n) is 6.25. The predicted octanol–water partition coefficient (Wildman–Crippen LogP) is 2.95. The minimum Gasteiger partial charge on any atom is -0.465 e. The molecular weight excluding hydrogens is 230 g/mol. The molecule has 2 rings (SSSR count). The Balaban J connectivity index is 2.00. The molecule has 0 amide bonds. The molecule has 0 unspecified atom stereocenters. The Hall–Kier alpha value is -1.62. The van der Waals surface area contributed by atoms with Gasteiger partial charge in [-0.05, 0) is 32.9 Å². The highest BCUT2D eigenvalue weighted by molar-refractivity contribution is 5.09. The molecule has 0 radical (unpaired) electrons. The van der Waals surface area contributed by atoms with Crippen LogP contribution < -0.4 is 5.32 Å². The van der Waals surface area contributed by atoms with Gasteiger partial charge in [-0.1, -0.05) is 12.1 Å². The summed E-state index contributed by atoms with van der Waals surface area (Å²) in [6.07, 6.45) is 0.781. The van der Waals surface area contributed by atoms with Gasteiger partial charge in [-0.2, -0.15) is 4.98 Å². The molecule has 2 atom stereocenters. The summed E-state index contributed by atoms with van der Waals surface area (Å²) in [6.45, 7) is 7.98. The van der Waals surface area contributed by atoms with Crippen molar-refractivity contribution in [3.8, 4) is 0 Å². The van der Waals surface area contributed by atoms with Crippen molar-refractivity contribution in [2.75, 3.05) is 0 Å². The fourth-order valence-corrected chi connectivity index (χ4v) is 1.80. The summed E-state index contributed by atoms with van der Waals surface area (Å²) >= 11 is 0. The fourth-order valence-electron chi connectivity index (χ4n) is 1.80. The lowest BCUT2D eigenvalue weighted by molar-refractivity contribution is 0.313. The molecule has 5 heteroatoms. The molecule has 2 aromatic heterocycles. The van der Waals surface area contributed by atoms with Crippen LogP contribution in [-0.4, -0.2) is 10.1 Å². The van der Waals surface area contributed by atoms with Gasteiger partial charge in [0.15, 0.2) is 5.82 Å². The van der Waals surface area contributed by atoms with Crippen LogP contribution in [-0.2, 0) is 6.42 Å². The predicted molar refractivity (Wildman–Crippen MR) is 67.1 cm³/mol. The Morgan fingerprint density at radius 3 is 2.61 bits per heavy atom. The van der Waals surface area contributed by atoms with Gasteiger partial charge in [0.2, 0.25) is 5.89 Å². The van der Waals surface area contributed by atoms with E-state index in [4.69, 9.17) is 8.94 Å². The van der Waals surface area contributed by atoms with E-state index in [2.05, 4.69) is 15.5 Å². The van der Waals surface area contributed by atoms with Gasteiger partial charge in [-0.25, -0.2) is 0 Å². The van der Waals surface area contributed by atoms with E-state index in [1.54, 1.807) is 0 Å². The number of aromatic nitrogens is 2. The third-order valence-electron chi connectivity index (χ3n) is 2.86. The fraction of sp³-hybridized carbons (Fsp3) is 0.538. The van der Waals surface area contributed by atoms with E-state index in [-0.39, 0.29) is 12.1 Å². The van der Waals surface area contributed by atoms with Crippen molar-refractivity contribution >= 4 is 0 Å². The maximum absolute atomic E-state index is 5.58. The van der Waals surface area contributed by atoms with E-state index in [0.717, 1.165) is 23.8 Å². The molecule has 98 valence electrons. The van der Waals surface area contributed by atoms with Gasteiger partial charge in [0.05, 0.1) is 12.1 Å². The summed E-state index contributed by atoms with van der Waals surface area (Å²) in [5.41, 5.74) is 0. The summed E-state index contributed by atoms with van der Waals surface area (Å²) in [6, 6.07) is 4.04. The van der Waals surface area contributed by atoms with Gasteiger partial charge in [-0.3, -0.25) is 5.32 Å². The first-order valence-corrected chi connectivity index (χ1v) is 6.25. The van der Waals surface area contributed by atoms with E-state index < -0.39 is 0 Å². The van der Waals surface area contributed by atoms with Crippen molar-refractivity contribution in [3.63, 3.8) is 0 Å². The van der Waals surface area contributed by atoms with Crippen molar-refractivity contribution in [1.82, 2.24) is 15.5 Å². The van der Waals surface area contributed by atoms with Gasteiger partial charge in [0.25, 0.3) is 0 Å². The highest BCUT2D eigenvalue weighted by Crippen LogP contribution is 2.20. The van der Waals surface area contributed by atoms with E-state index in [1.165, 1.54) is 0 Å². The number of rotatable bonds is 5. The van der Waals surface area contributed by atoms with E-state index in [9.17, 15) is 0 Å². The summed E-state index contributed by atoms with van der Waals surface area (Å²) in [7, 11) is 0. The summed E-state index contributed by atoms with van der Waals surface area (Å²) in [4.78, 5) is 4.31. The van der Waals surface area contributed by atoms with E-state index in [1.807, 2.05) is 39.8 Å². The van der Waals surface area contributed by atoms with Gasteiger partial charge < -0.3 is 8.94 Å². The number of hydrogen-bond donors (Lipinski definition) is 1. The summed E-state index contributed by atoms with van der Waals surface area (Å²) < 4.78 is 10.8. The van der Waals surface area contributed by atoms with Crippen LogP contribution in [0.2, 0.25) is 0 Å². The van der Waals surface area contributed by atoms with Crippen molar-refractivity contribution in [2.24, 2.45) is 0 Å². The van der Waals surface area contributed by atoms with Crippen LogP contribution in [0, 0.1) is 6.92 Å². The molecule has 0 fully saturated rings. The second kappa shape index (κ2) is 5.35. The Kier molecular flexibility index (Phi) is 3.81. The lowest BCUT2D eigenvalue weighted by atomic mass is 10.2. The summed E-state index contributed by atoms with van der Waals surface area (Å²) in [5.74, 6) is 3.18. The Morgan fingerprint density at radius 2 is 2.06 bits per heavy atom. The summed E-state index contributed by atoms with van der Waals surface area (Å²) in [5, 5.41) is 7.26. The zero-order valence-electron chi connectivity index (χ0n) is 11.2. The Morgan fingerprint density at radius 1 is 1.28 bits per heavy atom. The van der Waals surface area contributed by atoms with Crippen LogP contribution in [0.5, 0.6) is 0 Å². The maximum atomic E-state index is 5.58. The average Bonchev–Trinajstić information content (AvgIpc) is 2.97. The third-order valence-corrected chi connectivity index (χ3v) is 2.86. The minimum atomic E-state index is -0.00166. The molecular formula is C13H19N3O2. The molecule has 5 nitrogen and oxygen atoms in total. The first-order chi connectivity index (χ1) is 8.60. The second-order valence-corrected chi connectivity index (χ2v) is 4.46. The molecule has 1 N–H and O–H groups in total. The van der Waals surface area contributed by atoms with Crippen LogP contribution in [0.1, 0.15) is 56.1 Å². The van der Waals surface area contributed by atoms with Gasteiger partial charge in [0.1, 0.15) is 11.5 Å². The molecule has 0 saturated heterocycles. The quantitative estimate of drug-likeness (QED) is 0.882. The normalized spacial score (nSPS) is 14.7. The maximum Gasteiger partial charge on any atom is 0.243 e. The van der Waals surface area contributed by atoms with Gasteiger partial charge in [-0.15, -0.1) is 0 Å². The SMILES string of the molecule is CCc1noc([C@H](C)N[C@@H](C)c2ccc(C)o2)n1. The third kappa shape index (κ3) is 2.79. The van der Waals surface area contributed by atoms with Crippen LogP contribution in [0.4, 0.5) is 0 Å². The molecule has 18 heavy (non-hydrogen) atoms. The molecule has 2 heterocycles. The van der Waals surface area contributed by atoms with Crippen molar-refractivity contribution in [1.29, 1.82) is 0 Å². The topological polar surface area (TPSA) is 64.1 Å². The van der Waals surface area contributed by atoms with Crippen LogP contribution in [0.15, 0.2) is 21.1 Å². The van der Waals surface area contributed by atoms with Crippen LogP contribution in [0.3, 0.4) is 0 Å². The smallest absolute Gasteiger partial charge is 0.243 e. The zero-order chi connectivity index (χ0) is 13.1. The number of furan rings is 1. The van der Waals surface area contributed by atoms with Crippen molar-refractivity contribution in [3.05, 3.63) is 35.4 Å². The lowest BCUT2D eigenvalue weighted by Gasteiger charge is -2.15. The molecule has 0 aliphatic heterocycles. The molecule has 0 aliphatic rings. The average molecular weight is 249 g/mol. The molecule has 0 bridgehead atoms. The molecule has 0 saturated carbocycles. The number of nitrogens with one attached hydrogen (secondary N) is 1. The molecule has 0 spiro atoms. The van der Waals surface area contributed by atoms with E-state index in [0.29, 0.717) is 5.89 Å². The second-order valence-electron chi connectivity index (χ2n) is 4.46. The molecule has 0 aliphatic carbocycles. The number of aryl methyl sites for hydroxylation is 2. The molecule has 2 aromatic rings. The highest BCUT2D eigenvalue weighted by Gasteiger charge is 2.18. The Bertz CT molecular complexity index is 504. The zero-order valence-corrected chi connectivity index (χ0v) is 11.2. The number of hydrogen-bond acceptors (Lipinski definition) is 5. The van der Waals surface area contributed by atoms with Crippen molar-refractivity contribution in [2.45, 2.75) is 46.2 Å². The van der Waals surface area contributed by atoms with E-state index >= 15 is 0 Å². The minimum absolute atomic E-state index is 0.00166. The lowest BCUT2D eigenvalue weighted by Crippen LogP contribution is -2.22. The van der Waals surface area contributed by atoms with Gasteiger partial charge in [0, 0.05) is 6.42 Å². The van der Waals surface area contributed by atoms with Gasteiger partial charge >= 0.3 is 0 Å². The first kappa shape index (κ1) is 12.8. The molecule has 0 aromatic carbocycles. The monoisotopic (exact) mass is 249 g/mol. The Labute approximate surface area is 107 Å². The van der Waals surface area contributed by atoms with Crippen molar-refractivity contribution < 1.29 is 8.94 Å².